The number of hydrogen-bond acceptors (Lipinski definition) is 5. The van der Waals surface area contributed by atoms with Gasteiger partial charge in [0.25, 0.3) is 0 Å². The summed E-state index contributed by atoms with van der Waals surface area (Å²) < 4.78 is 51.3. The smallest absolute Gasteiger partial charge is 0.379 e. The van der Waals surface area contributed by atoms with E-state index in [1.165, 1.54) is 0 Å². The Kier molecular flexibility index (Phi) is 8.03. The number of halogens is 3. The van der Waals surface area contributed by atoms with Crippen LogP contribution in [0.4, 0.5) is 13.2 Å². The van der Waals surface area contributed by atoms with Crippen molar-refractivity contribution in [2.45, 2.75) is 96.7 Å². The Bertz CT molecular complexity index is 939. The fraction of sp³-hybridized carbons (Fsp3) is 0.778. The van der Waals surface area contributed by atoms with E-state index in [1.807, 2.05) is 0 Å². The third-order valence-corrected chi connectivity index (χ3v) is 8.68. The number of pyridine rings is 1. The van der Waals surface area contributed by atoms with Gasteiger partial charge in [0.05, 0.1) is 23.7 Å². The molecule has 0 unspecified atom stereocenters. The van der Waals surface area contributed by atoms with Crippen molar-refractivity contribution in [3.05, 3.63) is 29.1 Å². The van der Waals surface area contributed by atoms with Gasteiger partial charge >= 0.3 is 6.18 Å². The van der Waals surface area contributed by atoms with E-state index in [0.29, 0.717) is 43.5 Å². The molecule has 1 aromatic heterocycles. The second kappa shape index (κ2) is 10.6. The largest absolute Gasteiger partial charge is 0.417 e. The van der Waals surface area contributed by atoms with Crippen molar-refractivity contribution in [3.63, 3.8) is 0 Å². The van der Waals surface area contributed by atoms with E-state index in [1.54, 1.807) is 12.0 Å². The lowest BCUT2D eigenvalue weighted by Gasteiger charge is -2.45. The normalized spacial score (nSPS) is 29.3. The van der Waals surface area contributed by atoms with Crippen LogP contribution in [0.15, 0.2) is 12.3 Å². The first kappa shape index (κ1) is 27.3. The van der Waals surface area contributed by atoms with Crippen LogP contribution in [0.3, 0.4) is 0 Å². The van der Waals surface area contributed by atoms with E-state index < -0.39 is 17.2 Å². The Morgan fingerprint density at radius 1 is 1.28 bits per heavy atom. The highest BCUT2D eigenvalue weighted by molar-refractivity contribution is 5.83. The SMILES string of the molecule is CO[C@@H]1COCC[C@@H]1N(C(C)C)[C@@H]1CC[C@@](C(=O)N2CCc3ncc(C(F)(F)F)cc3C2)(C(C)C)C1. The fourth-order valence-electron chi connectivity index (χ4n) is 6.68. The average Bonchev–Trinajstić information content (AvgIpc) is 3.28. The van der Waals surface area contributed by atoms with Gasteiger partial charge in [0.15, 0.2) is 0 Å². The lowest BCUT2D eigenvalue weighted by Crippen LogP contribution is -2.56. The fourth-order valence-corrected chi connectivity index (χ4v) is 6.68. The number of methoxy groups -OCH3 is 1. The second-order valence-electron chi connectivity index (χ2n) is 11.3. The van der Waals surface area contributed by atoms with E-state index >= 15 is 0 Å². The number of amides is 1. The summed E-state index contributed by atoms with van der Waals surface area (Å²) in [5, 5.41) is 0. The van der Waals surface area contributed by atoms with Crippen LogP contribution in [0.25, 0.3) is 0 Å². The van der Waals surface area contributed by atoms with Gasteiger partial charge in [0.2, 0.25) is 5.91 Å². The van der Waals surface area contributed by atoms with E-state index in [9.17, 15) is 18.0 Å². The molecule has 2 aliphatic heterocycles. The Morgan fingerprint density at radius 2 is 2.03 bits per heavy atom. The number of alkyl halides is 3. The molecular formula is C27H40F3N3O3. The lowest BCUT2D eigenvalue weighted by atomic mass is 9.73. The molecule has 1 amide bonds. The van der Waals surface area contributed by atoms with Crippen LogP contribution in [0, 0.1) is 11.3 Å². The molecule has 3 aliphatic rings. The summed E-state index contributed by atoms with van der Waals surface area (Å²) >= 11 is 0. The molecule has 6 nitrogen and oxygen atoms in total. The molecule has 4 atom stereocenters. The molecule has 36 heavy (non-hydrogen) atoms. The number of hydrogen-bond donors (Lipinski definition) is 0. The van der Waals surface area contributed by atoms with E-state index in [4.69, 9.17) is 9.47 Å². The van der Waals surface area contributed by atoms with Crippen molar-refractivity contribution >= 4 is 5.91 Å². The predicted octanol–water partition coefficient (Wildman–Crippen LogP) is 4.69. The van der Waals surface area contributed by atoms with E-state index in [2.05, 4.69) is 37.6 Å². The summed E-state index contributed by atoms with van der Waals surface area (Å²) in [5.41, 5.74) is -0.123. The van der Waals surface area contributed by atoms with Gasteiger partial charge in [-0.15, -0.1) is 0 Å². The minimum atomic E-state index is -4.45. The predicted molar refractivity (Wildman–Crippen MR) is 130 cm³/mol. The third-order valence-electron chi connectivity index (χ3n) is 8.68. The molecule has 9 heteroatoms. The first-order chi connectivity index (χ1) is 17.0. The molecule has 202 valence electrons. The zero-order valence-electron chi connectivity index (χ0n) is 22.1. The van der Waals surface area contributed by atoms with Crippen molar-refractivity contribution in [2.24, 2.45) is 11.3 Å². The summed E-state index contributed by atoms with van der Waals surface area (Å²) in [7, 11) is 1.73. The van der Waals surface area contributed by atoms with Crippen LogP contribution in [-0.2, 0) is 33.4 Å². The van der Waals surface area contributed by atoms with Gasteiger partial charge in [-0.1, -0.05) is 13.8 Å². The molecule has 0 aromatic carbocycles. The summed E-state index contributed by atoms with van der Waals surface area (Å²) in [6.07, 6.45) is 0.274. The number of ether oxygens (including phenoxy) is 2. The summed E-state index contributed by atoms with van der Waals surface area (Å²) in [6, 6.07) is 1.94. The van der Waals surface area contributed by atoms with Crippen molar-refractivity contribution in [3.8, 4) is 0 Å². The minimum absolute atomic E-state index is 0.000161. The molecule has 4 rings (SSSR count). The zero-order valence-corrected chi connectivity index (χ0v) is 22.1. The lowest BCUT2D eigenvalue weighted by molar-refractivity contribution is -0.146. The van der Waals surface area contributed by atoms with Crippen LogP contribution in [0.1, 0.15) is 70.2 Å². The molecule has 1 saturated carbocycles. The Balaban J connectivity index is 1.56. The molecule has 0 bridgehead atoms. The number of fused-ring (bicyclic) bond motifs is 1. The van der Waals surface area contributed by atoms with Crippen molar-refractivity contribution in [1.82, 2.24) is 14.8 Å². The van der Waals surface area contributed by atoms with E-state index in [-0.39, 0.29) is 36.6 Å². The van der Waals surface area contributed by atoms with Crippen LogP contribution in [-0.4, -0.2) is 71.8 Å². The van der Waals surface area contributed by atoms with Gasteiger partial charge in [-0.25, -0.2) is 0 Å². The summed E-state index contributed by atoms with van der Waals surface area (Å²) in [4.78, 5) is 22.5. The maximum Gasteiger partial charge on any atom is 0.417 e. The summed E-state index contributed by atoms with van der Waals surface area (Å²) in [5.74, 6) is 0.194. The number of carbonyl (C=O) groups excluding carboxylic acids is 1. The first-order valence-corrected chi connectivity index (χ1v) is 13.2. The number of rotatable bonds is 6. The van der Waals surface area contributed by atoms with Crippen molar-refractivity contribution < 1.29 is 27.4 Å². The molecule has 0 N–H and O–H groups in total. The Labute approximate surface area is 212 Å². The third kappa shape index (κ3) is 5.16. The van der Waals surface area contributed by atoms with Crippen LogP contribution >= 0.6 is 0 Å². The van der Waals surface area contributed by atoms with Gasteiger partial charge in [0.1, 0.15) is 0 Å². The molecule has 2 fully saturated rings. The maximum absolute atomic E-state index is 14.1. The average molecular weight is 512 g/mol. The summed E-state index contributed by atoms with van der Waals surface area (Å²) in [6.45, 7) is 10.6. The standard InChI is InChI=1S/C27H40F3N3O3/c1-17(2)26(9-6-21(13-26)33(18(3)4)23-8-11-36-16-24(23)35-5)25(34)32-10-7-22-19(15-32)12-20(14-31-22)27(28,29)30/h12,14,17-18,21,23-24H,6-11,13,15-16H2,1-5H3/t21-,23+,24-,26+/m1/s1. The number of aromatic nitrogens is 1. The van der Waals surface area contributed by atoms with E-state index in [0.717, 1.165) is 37.9 Å². The van der Waals surface area contributed by atoms with Crippen LogP contribution < -0.4 is 0 Å². The van der Waals surface area contributed by atoms with Gasteiger partial charge < -0.3 is 14.4 Å². The molecule has 0 spiro atoms. The minimum Gasteiger partial charge on any atom is -0.379 e. The Hall–Kier alpha value is -1.71. The topological polar surface area (TPSA) is 54.9 Å². The zero-order chi connectivity index (χ0) is 26.3. The van der Waals surface area contributed by atoms with Gasteiger partial charge in [-0.3, -0.25) is 14.7 Å². The molecule has 0 radical (unpaired) electrons. The highest BCUT2D eigenvalue weighted by Gasteiger charge is 2.52. The second-order valence-corrected chi connectivity index (χ2v) is 11.3. The van der Waals surface area contributed by atoms with Gasteiger partial charge in [-0.2, -0.15) is 13.2 Å². The number of nitrogens with zero attached hydrogens (tertiary/aromatic N) is 3. The van der Waals surface area contributed by atoms with Crippen LogP contribution in [0.5, 0.6) is 0 Å². The monoisotopic (exact) mass is 511 g/mol. The maximum atomic E-state index is 14.1. The van der Waals surface area contributed by atoms with Crippen molar-refractivity contribution in [2.75, 3.05) is 26.9 Å². The first-order valence-electron chi connectivity index (χ1n) is 13.2. The number of carbonyl (C=O) groups is 1. The molecule has 3 heterocycles. The van der Waals surface area contributed by atoms with Crippen molar-refractivity contribution in [1.29, 1.82) is 0 Å². The quantitative estimate of drug-likeness (QED) is 0.555. The molecule has 1 saturated heterocycles. The van der Waals surface area contributed by atoms with Gasteiger partial charge in [0, 0.05) is 63.2 Å². The molecule has 1 aliphatic carbocycles. The van der Waals surface area contributed by atoms with Crippen LogP contribution in [0.2, 0.25) is 0 Å². The molecular weight excluding hydrogens is 471 g/mol. The highest BCUT2D eigenvalue weighted by atomic mass is 19.4. The highest BCUT2D eigenvalue weighted by Crippen LogP contribution is 2.49. The Morgan fingerprint density at radius 3 is 2.67 bits per heavy atom. The van der Waals surface area contributed by atoms with Gasteiger partial charge in [-0.05, 0) is 57.1 Å². The molecule has 1 aromatic rings.